The molecule has 0 aliphatic heterocycles. The number of benzene rings is 1. The van der Waals surface area contributed by atoms with Gasteiger partial charge in [-0.1, -0.05) is 25.1 Å². The molecule has 1 aliphatic rings. The minimum atomic E-state index is 0.0688. The molecule has 0 bridgehead atoms. The Balaban J connectivity index is 1.71. The second kappa shape index (κ2) is 9.14. The maximum atomic E-state index is 12.4. The first-order valence-corrected chi connectivity index (χ1v) is 12.6. The normalized spacial score (nSPS) is 12.7. The third-order valence-corrected chi connectivity index (χ3v) is 7.49. The van der Waals surface area contributed by atoms with Gasteiger partial charge in [0, 0.05) is 37.1 Å². The predicted molar refractivity (Wildman–Crippen MR) is 136 cm³/mol. The molecule has 3 aromatic heterocycles. The molecule has 0 radical (unpaired) electrons. The van der Waals surface area contributed by atoms with Crippen LogP contribution in [-0.2, 0) is 30.5 Å². The fourth-order valence-electron chi connectivity index (χ4n) is 4.45. The molecule has 0 saturated heterocycles. The quantitative estimate of drug-likeness (QED) is 0.409. The zero-order valence-electron chi connectivity index (χ0n) is 20.1. The summed E-state index contributed by atoms with van der Waals surface area (Å²) in [5.41, 5.74) is 8.75. The molecule has 1 aromatic carbocycles. The Kier molecular flexibility index (Phi) is 6.04. The molecule has 1 amide bonds. The summed E-state index contributed by atoms with van der Waals surface area (Å²) in [4.78, 5) is 24.7. The number of hydrogen-bond donors (Lipinski definition) is 0. The number of aryl methyl sites for hydroxylation is 3. The van der Waals surface area contributed by atoms with Crippen molar-refractivity contribution < 1.29 is 4.79 Å². The maximum absolute atomic E-state index is 12.4. The van der Waals surface area contributed by atoms with Crippen LogP contribution >= 0.6 is 11.3 Å². The number of thiazole rings is 1. The zero-order chi connectivity index (χ0) is 23.8. The topological polar surface area (TPSA) is 63.9 Å². The van der Waals surface area contributed by atoms with E-state index < -0.39 is 0 Å². The number of amides is 1. The van der Waals surface area contributed by atoms with Crippen LogP contribution in [0.4, 0.5) is 0 Å². The highest BCUT2D eigenvalue weighted by atomic mass is 32.1. The molecule has 34 heavy (non-hydrogen) atoms. The number of aromatic nitrogens is 4. The summed E-state index contributed by atoms with van der Waals surface area (Å²) in [7, 11) is 3.58. The Hall–Kier alpha value is -3.32. The number of likely N-dealkylation sites (N-methyl/N-ethyl adjacent to an activating group) is 1. The molecule has 174 valence electrons. The van der Waals surface area contributed by atoms with E-state index in [9.17, 15) is 4.79 Å². The molecule has 0 fully saturated rings. The molecule has 1 aliphatic carbocycles. The minimum Gasteiger partial charge on any atom is -0.348 e. The van der Waals surface area contributed by atoms with Crippen molar-refractivity contribution in [3.8, 4) is 27.5 Å². The number of fused-ring (bicyclic) bond motifs is 3. The van der Waals surface area contributed by atoms with E-state index in [4.69, 9.17) is 10.1 Å². The van der Waals surface area contributed by atoms with E-state index in [-0.39, 0.29) is 5.91 Å². The number of pyridine rings is 1. The van der Waals surface area contributed by atoms with Crippen molar-refractivity contribution in [3.63, 3.8) is 0 Å². The largest absolute Gasteiger partial charge is 0.348 e. The van der Waals surface area contributed by atoms with Gasteiger partial charge in [-0.05, 0) is 56.4 Å². The average molecular weight is 472 g/mol. The Morgan fingerprint density at radius 3 is 2.68 bits per heavy atom. The molecule has 0 spiro atoms. The van der Waals surface area contributed by atoms with Crippen LogP contribution in [0.5, 0.6) is 0 Å². The summed E-state index contributed by atoms with van der Waals surface area (Å²) in [6.07, 6.45) is 6.02. The summed E-state index contributed by atoms with van der Waals surface area (Å²) in [5.74, 6) is 0.0688. The summed E-state index contributed by atoms with van der Waals surface area (Å²) < 4.78 is 2.09. The number of carbonyl (C=O) groups is 1. The highest BCUT2D eigenvalue weighted by Crippen LogP contribution is 2.42. The highest BCUT2D eigenvalue weighted by molar-refractivity contribution is 7.15. The Bertz CT molecular complexity index is 1350. The standard InChI is InChI=1S/C27H29N5OS/c1-5-19-14-13-18(16-28-19)25-20-10-8-11-21-27(34-23(29-21)15-24(33)31(3)4)26(20)32(30-25)22-12-7-6-9-17(22)2/h6-7,9,12-14,16H,5,8,10-11,15H2,1-4H3. The van der Waals surface area contributed by atoms with Gasteiger partial charge in [-0.15, -0.1) is 11.3 Å². The van der Waals surface area contributed by atoms with E-state index >= 15 is 0 Å². The molecular formula is C27H29N5OS. The summed E-state index contributed by atoms with van der Waals surface area (Å²) in [6, 6.07) is 12.6. The first kappa shape index (κ1) is 22.5. The van der Waals surface area contributed by atoms with Gasteiger partial charge in [0.25, 0.3) is 0 Å². The molecule has 7 heteroatoms. The van der Waals surface area contributed by atoms with Crippen molar-refractivity contribution in [2.24, 2.45) is 0 Å². The molecule has 6 nitrogen and oxygen atoms in total. The highest BCUT2D eigenvalue weighted by Gasteiger charge is 2.29. The van der Waals surface area contributed by atoms with Crippen LogP contribution in [0.3, 0.4) is 0 Å². The third-order valence-electron chi connectivity index (χ3n) is 6.39. The molecule has 0 saturated carbocycles. The van der Waals surface area contributed by atoms with Gasteiger partial charge in [0.15, 0.2) is 0 Å². The van der Waals surface area contributed by atoms with Crippen molar-refractivity contribution in [2.75, 3.05) is 14.1 Å². The third kappa shape index (κ3) is 4.05. The van der Waals surface area contributed by atoms with Crippen molar-refractivity contribution in [2.45, 2.75) is 46.0 Å². The van der Waals surface area contributed by atoms with Crippen LogP contribution < -0.4 is 0 Å². The summed E-state index contributed by atoms with van der Waals surface area (Å²) in [5, 5.41) is 6.03. The first-order chi connectivity index (χ1) is 16.5. The lowest BCUT2D eigenvalue weighted by molar-refractivity contribution is -0.127. The molecule has 4 aromatic rings. The van der Waals surface area contributed by atoms with Gasteiger partial charge >= 0.3 is 0 Å². The molecule has 0 unspecified atom stereocenters. The van der Waals surface area contributed by atoms with Gasteiger partial charge in [0.1, 0.15) is 5.01 Å². The van der Waals surface area contributed by atoms with E-state index in [2.05, 4.69) is 59.9 Å². The van der Waals surface area contributed by atoms with Crippen molar-refractivity contribution >= 4 is 17.2 Å². The smallest absolute Gasteiger partial charge is 0.228 e. The Morgan fingerprint density at radius 2 is 1.97 bits per heavy atom. The number of nitrogens with zero attached hydrogens (tertiary/aromatic N) is 5. The van der Waals surface area contributed by atoms with Crippen LogP contribution in [0.1, 0.15) is 40.9 Å². The van der Waals surface area contributed by atoms with E-state index in [0.717, 1.165) is 75.2 Å². The van der Waals surface area contributed by atoms with Crippen LogP contribution in [0.25, 0.3) is 27.5 Å². The van der Waals surface area contributed by atoms with Crippen LogP contribution in [0.2, 0.25) is 0 Å². The molecule has 3 heterocycles. The summed E-state index contributed by atoms with van der Waals surface area (Å²) >= 11 is 1.63. The number of hydrogen-bond acceptors (Lipinski definition) is 5. The van der Waals surface area contributed by atoms with Gasteiger partial charge < -0.3 is 4.90 Å². The van der Waals surface area contributed by atoms with E-state index in [0.29, 0.717) is 6.42 Å². The van der Waals surface area contributed by atoms with Crippen molar-refractivity contribution in [1.29, 1.82) is 0 Å². The van der Waals surface area contributed by atoms with Crippen LogP contribution in [-0.4, -0.2) is 44.7 Å². The number of carbonyl (C=O) groups excluding carboxylic acids is 1. The number of para-hydroxylation sites is 1. The Morgan fingerprint density at radius 1 is 1.15 bits per heavy atom. The van der Waals surface area contributed by atoms with E-state index in [1.807, 2.05) is 6.20 Å². The van der Waals surface area contributed by atoms with E-state index in [1.54, 1.807) is 30.3 Å². The molecular weight excluding hydrogens is 442 g/mol. The monoisotopic (exact) mass is 471 g/mol. The van der Waals surface area contributed by atoms with Gasteiger partial charge in [0.05, 0.1) is 34.1 Å². The number of rotatable bonds is 5. The van der Waals surface area contributed by atoms with Crippen molar-refractivity contribution in [1.82, 2.24) is 24.6 Å². The fraction of sp³-hybridized carbons (Fsp3) is 0.333. The zero-order valence-corrected chi connectivity index (χ0v) is 20.9. The lowest BCUT2D eigenvalue weighted by Crippen LogP contribution is -2.23. The molecule has 5 rings (SSSR count). The molecule has 0 N–H and O–H groups in total. The SMILES string of the molecule is CCc1ccc(-c2nn(-c3ccccc3C)c3c2CCCc2nc(CC(=O)N(C)C)sc2-3)cn1. The maximum Gasteiger partial charge on any atom is 0.228 e. The lowest BCUT2D eigenvalue weighted by Gasteiger charge is -2.10. The summed E-state index contributed by atoms with van der Waals surface area (Å²) in [6.45, 7) is 4.23. The van der Waals surface area contributed by atoms with Gasteiger partial charge in [-0.3, -0.25) is 9.78 Å². The average Bonchev–Trinajstić information content (AvgIpc) is 3.35. The Labute approximate surface area is 204 Å². The van der Waals surface area contributed by atoms with Gasteiger partial charge in [-0.2, -0.15) is 5.10 Å². The molecule has 0 atom stereocenters. The second-order valence-electron chi connectivity index (χ2n) is 8.97. The van der Waals surface area contributed by atoms with Gasteiger partial charge in [0.2, 0.25) is 5.91 Å². The predicted octanol–water partition coefficient (Wildman–Crippen LogP) is 5.05. The first-order valence-electron chi connectivity index (χ1n) is 11.8. The van der Waals surface area contributed by atoms with Crippen LogP contribution in [0, 0.1) is 6.92 Å². The van der Waals surface area contributed by atoms with Crippen molar-refractivity contribution in [3.05, 3.63) is 70.1 Å². The lowest BCUT2D eigenvalue weighted by atomic mass is 10.0. The fourth-order valence-corrected chi connectivity index (χ4v) is 5.61. The van der Waals surface area contributed by atoms with E-state index in [1.165, 1.54) is 5.56 Å². The van der Waals surface area contributed by atoms with Crippen LogP contribution in [0.15, 0.2) is 42.6 Å². The van der Waals surface area contributed by atoms with Gasteiger partial charge in [-0.25, -0.2) is 9.67 Å². The minimum absolute atomic E-state index is 0.0688. The second-order valence-corrected chi connectivity index (χ2v) is 10.1.